The summed E-state index contributed by atoms with van der Waals surface area (Å²) in [7, 11) is 0. The summed E-state index contributed by atoms with van der Waals surface area (Å²) in [5, 5.41) is 5.55. The van der Waals surface area contributed by atoms with Crippen molar-refractivity contribution in [1.29, 1.82) is 0 Å². The predicted molar refractivity (Wildman–Crippen MR) is 97.2 cm³/mol. The van der Waals surface area contributed by atoms with Crippen LogP contribution >= 0.6 is 27.5 Å². The molecule has 0 fully saturated rings. The number of benzene rings is 3. The Kier molecular flexibility index (Phi) is 4.84. The lowest BCUT2D eigenvalue weighted by Crippen LogP contribution is -2.20. The van der Waals surface area contributed by atoms with E-state index >= 15 is 0 Å². The number of ether oxygens (including phenoxy) is 1. The third kappa shape index (κ3) is 3.84. The van der Waals surface area contributed by atoms with Crippen LogP contribution in [0.25, 0.3) is 10.8 Å². The summed E-state index contributed by atoms with van der Waals surface area (Å²) in [6.45, 7) is -0.0799. The van der Waals surface area contributed by atoms with Gasteiger partial charge in [0, 0.05) is 16.1 Å². The highest BCUT2D eigenvalue weighted by molar-refractivity contribution is 9.10. The maximum Gasteiger partial charge on any atom is 0.262 e. The molecule has 0 atom stereocenters. The number of carbonyl (C=O) groups is 1. The van der Waals surface area contributed by atoms with Crippen molar-refractivity contribution in [2.75, 3.05) is 11.9 Å². The monoisotopic (exact) mass is 389 g/mol. The molecule has 3 aromatic carbocycles. The van der Waals surface area contributed by atoms with Crippen molar-refractivity contribution in [3.63, 3.8) is 0 Å². The number of anilines is 1. The Morgan fingerprint density at radius 3 is 2.70 bits per heavy atom. The summed E-state index contributed by atoms with van der Waals surface area (Å²) in [5.74, 6) is 0.352. The first-order valence-corrected chi connectivity index (χ1v) is 8.16. The lowest BCUT2D eigenvalue weighted by Gasteiger charge is -2.11. The minimum atomic E-state index is -0.219. The quantitative estimate of drug-likeness (QED) is 0.659. The molecule has 3 nitrogen and oxygen atoms in total. The Morgan fingerprint density at radius 2 is 1.87 bits per heavy atom. The number of amides is 1. The highest BCUT2D eigenvalue weighted by atomic mass is 79.9. The van der Waals surface area contributed by atoms with Gasteiger partial charge in [0.15, 0.2) is 6.61 Å². The zero-order valence-electron chi connectivity index (χ0n) is 12.1. The van der Waals surface area contributed by atoms with Gasteiger partial charge in [-0.1, -0.05) is 48.0 Å². The Hall–Kier alpha value is -2.04. The van der Waals surface area contributed by atoms with Gasteiger partial charge in [-0.15, -0.1) is 0 Å². The smallest absolute Gasteiger partial charge is 0.262 e. The van der Waals surface area contributed by atoms with Crippen LogP contribution in [0.4, 0.5) is 5.69 Å². The standard InChI is InChI=1S/C18H13BrClNO2/c19-15-10-13(20)8-9-17(15)23-11-18(22)21-16-7-3-5-12-4-1-2-6-14(12)16/h1-10H,11H2,(H,21,22). The van der Waals surface area contributed by atoms with Crippen molar-refractivity contribution in [2.45, 2.75) is 0 Å². The van der Waals surface area contributed by atoms with E-state index in [1.54, 1.807) is 18.2 Å². The Morgan fingerprint density at radius 1 is 1.09 bits per heavy atom. The minimum Gasteiger partial charge on any atom is -0.483 e. The summed E-state index contributed by atoms with van der Waals surface area (Å²) in [6.07, 6.45) is 0. The molecule has 1 amide bonds. The van der Waals surface area contributed by atoms with Gasteiger partial charge in [-0.3, -0.25) is 4.79 Å². The lowest BCUT2D eigenvalue weighted by atomic mass is 10.1. The first-order valence-electron chi connectivity index (χ1n) is 6.99. The molecule has 5 heteroatoms. The van der Waals surface area contributed by atoms with E-state index in [9.17, 15) is 4.79 Å². The van der Waals surface area contributed by atoms with Crippen molar-refractivity contribution in [3.8, 4) is 5.75 Å². The topological polar surface area (TPSA) is 38.3 Å². The van der Waals surface area contributed by atoms with Gasteiger partial charge in [-0.2, -0.15) is 0 Å². The molecule has 116 valence electrons. The first-order chi connectivity index (χ1) is 11.1. The van der Waals surface area contributed by atoms with Crippen LogP contribution in [0, 0.1) is 0 Å². The molecule has 0 aromatic heterocycles. The maximum atomic E-state index is 12.1. The highest BCUT2D eigenvalue weighted by Gasteiger charge is 2.08. The van der Waals surface area contributed by atoms with Crippen molar-refractivity contribution in [1.82, 2.24) is 0 Å². The van der Waals surface area contributed by atoms with Gasteiger partial charge in [0.25, 0.3) is 5.91 Å². The van der Waals surface area contributed by atoms with Gasteiger partial charge < -0.3 is 10.1 Å². The molecule has 0 bridgehead atoms. The number of carbonyl (C=O) groups excluding carboxylic acids is 1. The number of halogens is 2. The highest BCUT2D eigenvalue weighted by Crippen LogP contribution is 2.28. The van der Waals surface area contributed by atoms with E-state index < -0.39 is 0 Å². The van der Waals surface area contributed by atoms with Crippen LogP contribution in [0.15, 0.2) is 65.1 Å². The number of hydrogen-bond donors (Lipinski definition) is 1. The molecular weight excluding hydrogens is 378 g/mol. The van der Waals surface area contributed by atoms with Crippen molar-refractivity contribution in [3.05, 3.63) is 70.2 Å². The van der Waals surface area contributed by atoms with E-state index in [2.05, 4.69) is 21.2 Å². The average Bonchev–Trinajstić information content (AvgIpc) is 2.54. The summed E-state index contributed by atoms with van der Waals surface area (Å²) in [4.78, 5) is 12.1. The molecule has 0 heterocycles. The molecule has 3 rings (SSSR count). The third-order valence-electron chi connectivity index (χ3n) is 3.32. The predicted octanol–water partition coefficient (Wildman–Crippen LogP) is 5.27. The van der Waals surface area contributed by atoms with Gasteiger partial charge in [0.2, 0.25) is 0 Å². The summed E-state index contributed by atoms with van der Waals surface area (Å²) in [6, 6.07) is 18.8. The van der Waals surface area contributed by atoms with Crippen molar-refractivity contribution < 1.29 is 9.53 Å². The zero-order chi connectivity index (χ0) is 16.2. The third-order valence-corrected chi connectivity index (χ3v) is 4.17. The molecule has 3 aromatic rings. The van der Waals surface area contributed by atoms with E-state index in [-0.39, 0.29) is 12.5 Å². The molecule has 0 unspecified atom stereocenters. The fourth-order valence-electron chi connectivity index (χ4n) is 2.26. The minimum absolute atomic E-state index is 0.0799. The fraction of sp³-hybridized carbons (Fsp3) is 0.0556. The number of nitrogens with one attached hydrogen (secondary N) is 1. The maximum absolute atomic E-state index is 12.1. The Bertz CT molecular complexity index is 861. The fourth-order valence-corrected chi connectivity index (χ4v) is 3.05. The SMILES string of the molecule is O=C(COc1ccc(Cl)cc1Br)Nc1cccc2ccccc12. The Labute approximate surface area is 147 Å². The second-order valence-corrected chi connectivity index (χ2v) is 6.23. The molecule has 0 spiro atoms. The van der Waals surface area contributed by atoms with Gasteiger partial charge in [0.1, 0.15) is 5.75 Å². The van der Waals surface area contributed by atoms with Crippen LogP contribution in [0.5, 0.6) is 5.75 Å². The lowest BCUT2D eigenvalue weighted by molar-refractivity contribution is -0.118. The van der Waals surface area contributed by atoms with Crippen LogP contribution in [-0.2, 0) is 4.79 Å². The van der Waals surface area contributed by atoms with E-state index in [1.165, 1.54) is 0 Å². The van der Waals surface area contributed by atoms with E-state index in [0.29, 0.717) is 15.2 Å². The number of hydrogen-bond acceptors (Lipinski definition) is 2. The zero-order valence-corrected chi connectivity index (χ0v) is 14.4. The van der Waals surface area contributed by atoms with Gasteiger partial charge in [-0.25, -0.2) is 0 Å². The Balaban J connectivity index is 1.69. The molecule has 23 heavy (non-hydrogen) atoms. The average molecular weight is 391 g/mol. The number of fused-ring (bicyclic) bond motifs is 1. The van der Waals surface area contributed by atoms with Crippen LogP contribution < -0.4 is 10.1 Å². The van der Waals surface area contributed by atoms with Gasteiger partial charge >= 0.3 is 0 Å². The normalized spacial score (nSPS) is 10.5. The van der Waals surface area contributed by atoms with Crippen LogP contribution in [0.2, 0.25) is 5.02 Å². The molecule has 0 aliphatic carbocycles. The van der Waals surface area contributed by atoms with Crippen LogP contribution in [0.1, 0.15) is 0 Å². The molecule has 0 aliphatic heterocycles. The summed E-state index contributed by atoms with van der Waals surface area (Å²) >= 11 is 9.23. The molecular formula is C18H13BrClNO2. The molecule has 0 aliphatic rings. The molecule has 1 N–H and O–H groups in total. The largest absolute Gasteiger partial charge is 0.483 e. The van der Waals surface area contributed by atoms with Gasteiger partial charge in [0.05, 0.1) is 4.47 Å². The first kappa shape index (κ1) is 15.8. The van der Waals surface area contributed by atoms with Crippen LogP contribution in [-0.4, -0.2) is 12.5 Å². The molecule has 0 radical (unpaired) electrons. The molecule has 0 saturated heterocycles. The van der Waals surface area contributed by atoms with E-state index in [0.717, 1.165) is 16.5 Å². The summed E-state index contributed by atoms with van der Waals surface area (Å²) in [5.41, 5.74) is 0.770. The van der Waals surface area contributed by atoms with Crippen molar-refractivity contribution >= 4 is 49.9 Å². The van der Waals surface area contributed by atoms with Crippen molar-refractivity contribution in [2.24, 2.45) is 0 Å². The second kappa shape index (κ2) is 7.02. The van der Waals surface area contributed by atoms with E-state index in [4.69, 9.17) is 16.3 Å². The second-order valence-electron chi connectivity index (χ2n) is 4.94. The summed E-state index contributed by atoms with van der Waals surface area (Å²) < 4.78 is 6.23. The van der Waals surface area contributed by atoms with Crippen LogP contribution in [0.3, 0.4) is 0 Å². The molecule has 0 saturated carbocycles. The van der Waals surface area contributed by atoms with E-state index in [1.807, 2.05) is 42.5 Å². The number of rotatable bonds is 4. The van der Waals surface area contributed by atoms with Gasteiger partial charge in [-0.05, 0) is 45.6 Å².